The van der Waals surface area contributed by atoms with Crippen LogP contribution < -0.4 is 47.9 Å². The van der Waals surface area contributed by atoms with Crippen molar-refractivity contribution < 1.29 is 91.2 Å². The molecule has 98 valence electrons. The molecule has 16 heteroatoms. The molecule has 0 aromatic heterocycles. The number of hydrogen-bond donors (Lipinski definition) is 2. The normalized spacial score (nSPS) is 8.89. The molecule has 0 amide bonds. The van der Waals surface area contributed by atoms with Gasteiger partial charge < -0.3 is 19.8 Å². The minimum absolute atomic E-state index is 0. The predicted molar refractivity (Wildman–Crippen MR) is 35.3 cm³/mol. The molecule has 0 spiro atoms. The quantitative estimate of drug-likeness (QED) is 0.188. The standard InChI is InChI=1S/C2H2O4.2FHO3S.2Li/c3-1(4)2(5)6;2*1-5(2,3)4;;/h(H,3,4)(H,5,6);2*(H,2,3,4);;/q;;;2*+1/p-2. The van der Waals surface area contributed by atoms with Crippen LogP contribution in [0.1, 0.15) is 0 Å². The first-order valence-electron chi connectivity index (χ1n) is 2.41. The van der Waals surface area contributed by atoms with Gasteiger partial charge in [-0.05, 0) is 0 Å². The van der Waals surface area contributed by atoms with Crippen molar-refractivity contribution >= 4 is 32.9 Å². The number of carboxylic acids is 2. The van der Waals surface area contributed by atoms with Crippen molar-refractivity contribution in [1.82, 2.24) is 0 Å². The summed E-state index contributed by atoms with van der Waals surface area (Å²) in [6.07, 6.45) is 0. The van der Waals surface area contributed by atoms with Gasteiger partial charge in [0.25, 0.3) is 0 Å². The van der Waals surface area contributed by atoms with E-state index in [9.17, 15) is 7.77 Å². The van der Waals surface area contributed by atoms with Crippen LogP contribution in [0.3, 0.4) is 0 Å². The number of hydrogen-bond acceptors (Lipinski definition) is 8. The van der Waals surface area contributed by atoms with Gasteiger partial charge in [0.05, 0.1) is 11.9 Å². The Morgan fingerprint density at radius 2 is 0.833 bits per heavy atom. The molecule has 10 nitrogen and oxygen atoms in total. The van der Waals surface area contributed by atoms with E-state index in [0.29, 0.717) is 0 Å². The smallest absolute Gasteiger partial charge is 0.543 e. The maximum absolute atomic E-state index is 10.2. The maximum Gasteiger partial charge on any atom is 1.00 e. The maximum atomic E-state index is 10.2. The zero-order chi connectivity index (χ0) is 14.2. The average molecular weight is 302 g/mol. The zero-order valence-electron chi connectivity index (χ0n) is 8.73. The Kier molecular flexibility index (Phi) is 22.6. The van der Waals surface area contributed by atoms with Gasteiger partial charge in [0.2, 0.25) is 0 Å². The Balaban J connectivity index is -0.0000000447. The Morgan fingerprint density at radius 1 is 0.778 bits per heavy atom. The number of halogens is 2. The van der Waals surface area contributed by atoms with Gasteiger partial charge in [-0.25, -0.2) is 0 Å². The minimum Gasteiger partial charge on any atom is -0.543 e. The monoisotopic (exact) mass is 302 g/mol. The summed E-state index contributed by atoms with van der Waals surface area (Å²) in [6, 6.07) is 0. The summed E-state index contributed by atoms with van der Waals surface area (Å²) < 4.78 is 68.2. The largest absolute Gasteiger partial charge is 1.00 e. The van der Waals surface area contributed by atoms with Crippen LogP contribution in [0.2, 0.25) is 0 Å². The van der Waals surface area contributed by atoms with Crippen molar-refractivity contribution in [1.29, 1.82) is 0 Å². The van der Waals surface area contributed by atoms with Gasteiger partial charge in [0.1, 0.15) is 0 Å². The van der Waals surface area contributed by atoms with Gasteiger partial charge in [-0.3, -0.25) is 9.11 Å². The van der Waals surface area contributed by atoms with E-state index in [-0.39, 0.29) is 37.7 Å². The fourth-order valence-corrected chi connectivity index (χ4v) is 0. The third-order valence-electron chi connectivity index (χ3n) is 0.167. The molecule has 0 rings (SSSR count). The predicted octanol–water partition coefficient (Wildman–Crippen LogP) is -9.99. The third-order valence-corrected chi connectivity index (χ3v) is 0.167. The molecule has 0 fully saturated rings. The number of carbonyl (C=O) groups excluding carboxylic acids is 2. The Labute approximate surface area is 124 Å². The van der Waals surface area contributed by atoms with Crippen molar-refractivity contribution in [3.8, 4) is 0 Å². The molecule has 0 aromatic rings. The van der Waals surface area contributed by atoms with E-state index in [1.807, 2.05) is 0 Å². The van der Waals surface area contributed by atoms with Crippen molar-refractivity contribution in [2.45, 2.75) is 0 Å². The summed E-state index contributed by atoms with van der Waals surface area (Å²) in [5.41, 5.74) is 0. The van der Waals surface area contributed by atoms with E-state index in [1.54, 1.807) is 0 Å². The number of carbonyl (C=O) groups is 2. The van der Waals surface area contributed by atoms with Gasteiger partial charge in [-0.2, -0.15) is 16.8 Å². The van der Waals surface area contributed by atoms with E-state index in [2.05, 4.69) is 0 Å². The van der Waals surface area contributed by atoms with Crippen LogP contribution >= 0.6 is 0 Å². The molecule has 0 aliphatic rings. The van der Waals surface area contributed by atoms with Gasteiger partial charge in [0, 0.05) is 0 Å². The first-order chi connectivity index (χ1) is 6.64. The fourth-order valence-electron chi connectivity index (χ4n) is 0. The first kappa shape index (κ1) is 30.7. The zero-order valence-corrected chi connectivity index (χ0v) is 10.4. The van der Waals surface area contributed by atoms with Crippen molar-refractivity contribution in [3.05, 3.63) is 0 Å². The molecule has 0 bridgehead atoms. The topological polar surface area (TPSA) is 189 Å². The molecule has 0 radical (unpaired) electrons. The number of rotatable bonds is 0. The van der Waals surface area contributed by atoms with E-state index < -0.39 is 32.9 Å². The van der Waals surface area contributed by atoms with E-state index in [0.717, 1.165) is 0 Å². The summed E-state index contributed by atoms with van der Waals surface area (Å²) >= 11 is 0. The molecular formula is C2H2F2Li2O10S2. The summed E-state index contributed by atoms with van der Waals surface area (Å²) in [5, 5.41) is 17.9. The van der Waals surface area contributed by atoms with Crippen molar-refractivity contribution in [3.63, 3.8) is 0 Å². The second-order valence-corrected chi connectivity index (χ2v) is 3.05. The summed E-state index contributed by atoms with van der Waals surface area (Å²) in [7, 11) is -10.3. The fraction of sp³-hybridized carbons (Fsp3) is 0. The molecule has 2 N–H and O–H groups in total. The SMILES string of the molecule is O=C([O-])C(=O)[O-].O=S(=O)(O)F.O=S(=O)(O)F.[Li+].[Li+]. The van der Waals surface area contributed by atoms with Gasteiger partial charge in [0.15, 0.2) is 0 Å². The Bertz CT molecular complexity index is 369. The van der Waals surface area contributed by atoms with E-state index >= 15 is 0 Å². The van der Waals surface area contributed by atoms with Crippen molar-refractivity contribution in [2.75, 3.05) is 0 Å². The molecule has 0 saturated carbocycles. The molecule has 0 heterocycles. The third kappa shape index (κ3) is 239. The van der Waals surface area contributed by atoms with Crippen LogP contribution in [0, 0.1) is 0 Å². The summed E-state index contributed by atoms with van der Waals surface area (Å²) in [6.45, 7) is 0. The second kappa shape index (κ2) is 13.3. The van der Waals surface area contributed by atoms with E-state index in [4.69, 9.17) is 45.7 Å². The molecule has 0 aromatic carbocycles. The summed E-state index contributed by atoms with van der Waals surface area (Å²) in [4.78, 5) is 17.9. The van der Waals surface area contributed by atoms with Gasteiger partial charge in [-0.1, -0.05) is 7.77 Å². The van der Waals surface area contributed by atoms with Crippen LogP contribution in [-0.2, 0) is 30.6 Å². The first-order valence-corrected chi connectivity index (χ1v) is 5.09. The molecule has 0 unspecified atom stereocenters. The number of carboxylic acid groups (broad SMARTS) is 2. The molecule has 18 heavy (non-hydrogen) atoms. The molecule has 0 saturated heterocycles. The molecule has 0 aliphatic heterocycles. The Hall–Kier alpha value is -0.185. The van der Waals surface area contributed by atoms with E-state index in [1.165, 1.54) is 0 Å². The van der Waals surface area contributed by atoms with Crippen molar-refractivity contribution in [2.24, 2.45) is 0 Å². The average Bonchev–Trinajstić information content (AvgIpc) is 1.77. The molecule has 0 aliphatic carbocycles. The van der Waals surface area contributed by atoms with Crippen LogP contribution in [0.4, 0.5) is 7.77 Å². The Morgan fingerprint density at radius 3 is 0.833 bits per heavy atom. The van der Waals surface area contributed by atoms with Crippen LogP contribution in [0.15, 0.2) is 0 Å². The van der Waals surface area contributed by atoms with Gasteiger partial charge in [-0.15, -0.1) is 0 Å². The van der Waals surface area contributed by atoms with Gasteiger partial charge >= 0.3 is 58.7 Å². The van der Waals surface area contributed by atoms with Crippen LogP contribution in [-0.4, -0.2) is 37.9 Å². The summed E-state index contributed by atoms with van der Waals surface area (Å²) in [5.74, 6) is -4.37. The minimum atomic E-state index is -5.17. The van der Waals surface area contributed by atoms with Crippen LogP contribution in [0.25, 0.3) is 0 Å². The molecular weight excluding hydrogens is 300 g/mol. The molecule has 0 atom stereocenters. The van der Waals surface area contributed by atoms with Crippen LogP contribution in [0.5, 0.6) is 0 Å². The number of aliphatic carboxylic acids is 2. The second-order valence-electron chi connectivity index (χ2n) is 1.40.